The molecule has 2 aromatic rings. The highest BCUT2D eigenvalue weighted by atomic mass is 16.4. The quantitative estimate of drug-likeness (QED) is 0.914. The maximum absolute atomic E-state index is 10.6. The number of aliphatic carboxylic acids is 1. The Kier molecular flexibility index (Phi) is 3.64. The molecule has 0 fully saturated rings. The number of carboxylic acids is 1. The van der Waals surface area contributed by atoms with E-state index in [4.69, 9.17) is 5.11 Å². The topological polar surface area (TPSA) is 68.0 Å². The molecule has 1 aromatic heterocycles. The van der Waals surface area contributed by atoms with Crippen molar-refractivity contribution < 1.29 is 9.90 Å². The Morgan fingerprint density at radius 2 is 2.05 bits per heavy atom. The molecule has 0 radical (unpaired) electrons. The third-order valence-corrected chi connectivity index (χ3v) is 3.37. The average molecular weight is 259 g/mol. The maximum atomic E-state index is 10.6. The van der Waals surface area contributed by atoms with Gasteiger partial charge in [-0.25, -0.2) is 4.68 Å². The Hall–Kier alpha value is -2.17. The molecule has 2 rings (SSSR count). The van der Waals surface area contributed by atoms with Crippen LogP contribution in [0.25, 0.3) is 5.69 Å². The predicted molar refractivity (Wildman–Crippen MR) is 71.5 cm³/mol. The number of aromatic nitrogens is 3. The minimum atomic E-state index is -0.819. The Morgan fingerprint density at radius 1 is 1.32 bits per heavy atom. The molecule has 1 N–H and O–H groups in total. The third-order valence-electron chi connectivity index (χ3n) is 3.37. The highest BCUT2D eigenvalue weighted by molar-refractivity contribution is 5.67. The summed E-state index contributed by atoms with van der Waals surface area (Å²) >= 11 is 0. The first-order valence-corrected chi connectivity index (χ1v) is 6.20. The van der Waals surface area contributed by atoms with Gasteiger partial charge in [0.1, 0.15) is 0 Å². The second-order valence-electron chi connectivity index (χ2n) is 4.65. The van der Waals surface area contributed by atoms with Crippen LogP contribution in [0.15, 0.2) is 18.2 Å². The predicted octanol–water partition coefficient (Wildman–Crippen LogP) is 2.21. The lowest BCUT2D eigenvalue weighted by molar-refractivity contribution is -0.136. The van der Waals surface area contributed by atoms with E-state index in [1.54, 1.807) is 4.68 Å². The van der Waals surface area contributed by atoms with E-state index in [1.807, 2.05) is 26.0 Å². The van der Waals surface area contributed by atoms with Crippen molar-refractivity contribution in [3.05, 3.63) is 40.7 Å². The van der Waals surface area contributed by atoms with Crippen LogP contribution in [0, 0.1) is 20.8 Å². The van der Waals surface area contributed by atoms with Gasteiger partial charge in [0.15, 0.2) is 0 Å². The highest BCUT2D eigenvalue weighted by Gasteiger charge is 2.13. The van der Waals surface area contributed by atoms with Crippen LogP contribution in [-0.2, 0) is 11.2 Å². The van der Waals surface area contributed by atoms with Gasteiger partial charge < -0.3 is 5.11 Å². The fourth-order valence-electron chi connectivity index (χ4n) is 2.01. The van der Waals surface area contributed by atoms with Crippen molar-refractivity contribution in [2.45, 2.75) is 33.6 Å². The number of nitrogens with zero attached hydrogens (tertiary/aromatic N) is 3. The lowest BCUT2D eigenvalue weighted by Crippen LogP contribution is -2.03. The first kappa shape index (κ1) is 13.3. The van der Waals surface area contributed by atoms with Crippen LogP contribution in [0.3, 0.4) is 0 Å². The second-order valence-corrected chi connectivity index (χ2v) is 4.65. The normalized spacial score (nSPS) is 10.7. The fraction of sp³-hybridized carbons (Fsp3) is 0.357. The second kappa shape index (κ2) is 5.22. The molecule has 100 valence electrons. The average Bonchev–Trinajstić information content (AvgIpc) is 2.72. The molecular weight excluding hydrogens is 242 g/mol. The third kappa shape index (κ3) is 2.65. The lowest BCUT2D eigenvalue weighted by atomic mass is 10.1. The fourth-order valence-corrected chi connectivity index (χ4v) is 2.01. The summed E-state index contributed by atoms with van der Waals surface area (Å²) in [5, 5.41) is 16.9. The molecule has 0 bridgehead atoms. The summed E-state index contributed by atoms with van der Waals surface area (Å²) in [6.07, 6.45) is 0.484. The van der Waals surface area contributed by atoms with Crippen LogP contribution in [-0.4, -0.2) is 26.1 Å². The highest BCUT2D eigenvalue weighted by Crippen LogP contribution is 2.19. The zero-order valence-electron chi connectivity index (χ0n) is 11.3. The number of benzene rings is 1. The van der Waals surface area contributed by atoms with Crippen molar-refractivity contribution in [1.82, 2.24) is 15.0 Å². The molecule has 0 saturated heterocycles. The molecule has 0 spiro atoms. The Balaban J connectivity index is 2.36. The minimum absolute atomic E-state index is 0.0757. The number of rotatable bonds is 4. The van der Waals surface area contributed by atoms with Crippen molar-refractivity contribution in [2.75, 3.05) is 0 Å². The maximum Gasteiger partial charge on any atom is 0.303 e. The van der Waals surface area contributed by atoms with Crippen molar-refractivity contribution in [2.24, 2.45) is 0 Å². The van der Waals surface area contributed by atoms with E-state index in [1.165, 1.54) is 5.56 Å². The largest absolute Gasteiger partial charge is 0.481 e. The summed E-state index contributed by atoms with van der Waals surface area (Å²) in [4.78, 5) is 10.6. The molecule has 0 amide bonds. The standard InChI is InChI=1S/C14H17N3O2/c1-9-5-4-6-13(10(9)2)17-11(3)12(15-16-17)7-8-14(18)19/h4-6H,7-8H2,1-3H3,(H,18,19). The van der Waals surface area contributed by atoms with Crippen molar-refractivity contribution >= 4 is 5.97 Å². The summed E-state index contributed by atoms with van der Waals surface area (Å²) in [5.74, 6) is -0.819. The van der Waals surface area contributed by atoms with Gasteiger partial charge in [-0.15, -0.1) is 5.10 Å². The van der Waals surface area contributed by atoms with Gasteiger partial charge in [0, 0.05) is 6.42 Å². The summed E-state index contributed by atoms with van der Waals surface area (Å²) in [6.45, 7) is 6.01. The van der Waals surface area contributed by atoms with E-state index in [0.717, 1.165) is 22.6 Å². The molecule has 5 nitrogen and oxygen atoms in total. The van der Waals surface area contributed by atoms with Gasteiger partial charge in [0.2, 0.25) is 0 Å². The zero-order chi connectivity index (χ0) is 14.0. The number of hydrogen-bond acceptors (Lipinski definition) is 3. The van der Waals surface area contributed by atoms with Gasteiger partial charge in [-0.3, -0.25) is 4.79 Å². The zero-order valence-corrected chi connectivity index (χ0v) is 11.3. The van der Waals surface area contributed by atoms with Crippen LogP contribution in [0.4, 0.5) is 0 Å². The van der Waals surface area contributed by atoms with Gasteiger partial charge in [-0.2, -0.15) is 0 Å². The molecule has 1 aromatic carbocycles. The van der Waals surface area contributed by atoms with Crippen molar-refractivity contribution in [3.8, 4) is 5.69 Å². The van der Waals surface area contributed by atoms with Crippen LogP contribution in [0.1, 0.15) is 28.9 Å². The lowest BCUT2D eigenvalue weighted by Gasteiger charge is -2.09. The first-order chi connectivity index (χ1) is 9.00. The Labute approximate surface area is 111 Å². The molecule has 0 saturated carbocycles. The minimum Gasteiger partial charge on any atom is -0.481 e. The smallest absolute Gasteiger partial charge is 0.303 e. The molecule has 0 unspecified atom stereocenters. The van der Waals surface area contributed by atoms with Crippen LogP contribution in [0.2, 0.25) is 0 Å². The van der Waals surface area contributed by atoms with Crippen molar-refractivity contribution in [1.29, 1.82) is 0 Å². The number of carbonyl (C=O) groups is 1. The summed E-state index contributed by atoms with van der Waals surface area (Å²) in [6, 6.07) is 6.02. The molecule has 0 aliphatic rings. The summed E-state index contributed by atoms with van der Waals surface area (Å²) < 4.78 is 1.78. The van der Waals surface area contributed by atoms with Gasteiger partial charge in [-0.1, -0.05) is 17.3 Å². The van der Waals surface area contributed by atoms with Gasteiger partial charge in [0.05, 0.1) is 23.5 Å². The van der Waals surface area contributed by atoms with Crippen LogP contribution < -0.4 is 0 Å². The van der Waals surface area contributed by atoms with Crippen LogP contribution >= 0.6 is 0 Å². The SMILES string of the molecule is Cc1cccc(-n2nnc(CCC(=O)O)c2C)c1C. The number of hydrogen-bond donors (Lipinski definition) is 1. The van der Waals surface area contributed by atoms with Crippen molar-refractivity contribution in [3.63, 3.8) is 0 Å². The molecule has 19 heavy (non-hydrogen) atoms. The summed E-state index contributed by atoms with van der Waals surface area (Å²) in [5.41, 5.74) is 4.98. The monoisotopic (exact) mass is 259 g/mol. The number of aryl methyl sites for hydroxylation is 2. The van der Waals surface area contributed by atoms with Gasteiger partial charge >= 0.3 is 5.97 Å². The van der Waals surface area contributed by atoms with E-state index in [-0.39, 0.29) is 6.42 Å². The molecular formula is C14H17N3O2. The number of carboxylic acid groups (broad SMARTS) is 1. The van der Waals surface area contributed by atoms with E-state index >= 15 is 0 Å². The first-order valence-electron chi connectivity index (χ1n) is 6.20. The molecule has 0 atom stereocenters. The Bertz CT molecular complexity index is 617. The molecule has 0 aliphatic heterocycles. The van der Waals surface area contributed by atoms with Gasteiger partial charge in [0.25, 0.3) is 0 Å². The van der Waals surface area contributed by atoms with Gasteiger partial charge in [-0.05, 0) is 38.0 Å². The van der Waals surface area contributed by atoms with Crippen LogP contribution in [0.5, 0.6) is 0 Å². The van der Waals surface area contributed by atoms with E-state index in [0.29, 0.717) is 6.42 Å². The molecule has 0 aliphatic carbocycles. The summed E-state index contributed by atoms with van der Waals surface area (Å²) in [7, 11) is 0. The van der Waals surface area contributed by atoms with E-state index < -0.39 is 5.97 Å². The van der Waals surface area contributed by atoms with E-state index in [9.17, 15) is 4.79 Å². The Morgan fingerprint density at radius 3 is 2.74 bits per heavy atom. The molecule has 1 heterocycles. The van der Waals surface area contributed by atoms with E-state index in [2.05, 4.69) is 23.3 Å². The molecule has 5 heteroatoms.